The minimum absolute atomic E-state index is 0.00572. The van der Waals surface area contributed by atoms with Gasteiger partial charge in [0.15, 0.2) is 15.7 Å². The van der Waals surface area contributed by atoms with E-state index in [-0.39, 0.29) is 40.6 Å². The molecule has 4 rings (SSSR count). The Morgan fingerprint density at radius 2 is 1.86 bits per heavy atom. The molecular formula is C22H17FN4O4S4. The van der Waals surface area contributed by atoms with E-state index in [4.69, 9.17) is 12.2 Å². The van der Waals surface area contributed by atoms with Crippen molar-refractivity contribution in [1.82, 2.24) is 14.3 Å². The minimum Gasteiger partial charge on any atom is -0.301 e. The van der Waals surface area contributed by atoms with Crippen LogP contribution in [-0.2, 0) is 19.4 Å². The Kier molecular flexibility index (Phi) is 7.40. The second-order valence-corrected chi connectivity index (χ2v) is 11.8. The zero-order chi connectivity index (χ0) is 25.2. The number of carbonyl (C=O) groups excluding carboxylic acids is 2. The van der Waals surface area contributed by atoms with E-state index < -0.39 is 9.84 Å². The zero-order valence-electron chi connectivity index (χ0n) is 18.1. The lowest BCUT2D eigenvalue weighted by Gasteiger charge is -2.13. The summed E-state index contributed by atoms with van der Waals surface area (Å²) in [5, 5.41) is 2.93. The molecule has 1 saturated heterocycles. The van der Waals surface area contributed by atoms with Gasteiger partial charge in [-0.3, -0.25) is 14.5 Å². The van der Waals surface area contributed by atoms with E-state index in [2.05, 4.69) is 14.7 Å². The van der Waals surface area contributed by atoms with Crippen molar-refractivity contribution in [2.24, 2.45) is 0 Å². The topological polar surface area (TPSA) is 109 Å². The van der Waals surface area contributed by atoms with E-state index in [9.17, 15) is 22.4 Å². The Bertz CT molecular complexity index is 1430. The molecule has 2 amide bonds. The molecule has 1 aliphatic rings. The molecule has 1 aliphatic heterocycles. The monoisotopic (exact) mass is 548 g/mol. The molecule has 13 heteroatoms. The van der Waals surface area contributed by atoms with E-state index in [1.165, 1.54) is 29.2 Å². The number of sulfone groups is 1. The molecule has 0 saturated carbocycles. The number of thioether (sulfide) groups is 1. The van der Waals surface area contributed by atoms with Crippen LogP contribution in [0.3, 0.4) is 0 Å². The number of nitrogens with zero attached hydrogens (tertiary/aromatic N) is 3. The maximum Gasteiger partial charge on any atom is 0.266 e. The number of amides is 2. The van der Waals surface area contributed by atoms with Gasteiger partial charge in [-0.1, -0.05) is 36.1 Å². The van der Waals surface area contributed by atoms with Crippen molar-refractivity contribution < 1.29 is 22.4 Å². The van der Waals surface area contributed by atoms with Gasteiger partial charge in [0, 0.05) is 36.3 Å². The van der Waals surface area contributed by atoms with Gasteiger partial charge in [0.05, 0.1) is 9.80 Å². The van der Waals surface area contributed by atoms with E-state index in [1.54, 1.807) is 30.3 Å². The van der Waals surface area contributed by atoms with Crippen LogP contribution in [0.1, 0.15) is 12.0 Å². The summed E-state index contributed by atoms with van der Waals surface area (Å²) in [6, 6.07) is 11.9. The number of rotatable bonds is 7. The van der Waals surface area contributed by atoms with Crippen molar-refractivity contribution >= 4 is 72.7 Å². The first-order valence-corrected chi connectivity index (χ1v) is 13.9. The van der Waals surface area contributed by atoms with Crippen molar-refractivity contribution in [3.63, 3.8) is 0 Å². The van der Waals surface area contributed by atoms with Gasteiger partial charge in [0.25, 0.3) is 5.91 Å². The lowest BCUT2D eigenvalue weighted by Crippen LogP contribution is -2.31. The predicted octanol–water partition coefficient (Wildman–Crippen LogP) is 3.98. The summed E-state index contributed by atoms with van der Waals surface area (Å²) >= 11 is 7.39. The molecular weight excluding hydrogens is 532 g/mol. The first kappa shape index (κ1) is 25.1. The number of thiocarbonyl (C=S) groups is 1. The molecule has 3 aromatic rings. The maximum atomic E-state index is 13.1. The lowest BCUT2D eigenvalue weighted by molar-refractivity contribution is -0.122. The number of aromatic nitrogens is 2. The van der Waals surface area contributed by atoms with Crippen LogP contribution in [0.25, 0.3) is 17.5 Å². The molecule has 2 aromatic carbocycles. The summed E-state index contributed by atoms with van der Waals surface area (Å²) in [6.07, 6.45) is 2.75. The van der Waals surface area contributed by atoms with Crippen LogP contribution in [0.4, 0.5) is 9.52 Å². The molecule has 1 N–H and O–H groups in total. The highest BCUT2D eigenvalue weighted by Gasteiger charge is 2.32. The number of halogens is 1. The van der Waals surface area contributed by atoms with Crippen molar-refractivity contribution in [2.75, 3.05) is 18.1 Å². The van der Waals surface area contributed by atoms with Crippen LogP contribution in [-0.4, -0.2) is 51.6 Å². The quantitative estimate of drug-likeness (QED) is 0.349. The first-order valence-electron chi connectivity index (χ1n) is 10.0. The smallest absolute Gasteiger partial charge is 0.266 e. The number of hydrogen-bond acceptors (Lipinski definition) is 9. The zero-order valence-corrected chi connectivity index (χ0v) is 21.4. The first-order chi connectivity index (χ1) is 16.6. The molecule has 0 atom stereocenters. The highest BCUT2D eigenvalue weighted by Crippen LogP contribution is 2.32. The fraction of sp³-hybridized carbons (Fsp3) is 0.136. The van der Waals surface area contributed by atoms with Gasteiger partial charge in [0.2, 0.25) is 11.0 Å². The molecule has 0 unspecified atom stereocenters. The average molecular weight is 549 g/mol. The van der Waals surface area contributed by atoms with Crippen molar-refractivity contribution in [1.29, 1.82) is 0 Å². The average Bonchev–Trinajstić information content (AvgIpc) is 3.37. The fourth-order valence-electron chi connectivity index (χ4n) is 3.04. The van der Waals surface area contributed by atoms with Crippen LogP contribution in [0, 0.1) is 5.82 Å². The summed E-state index contributed by atoms with van der Waals surface area (Å²) in [4.78, 5) is 31.3. The summed E-state index contributed by atoms with van der Waals surface area (Å²) in [6.45, 7) is 0.0931. The van der Waals surface area contributed by atoms with Gasteiger partial charge in [-0.25, -0.2) is 12.8 Å². The molecule has 0 spiro atoms. The Balaban J connectivity index is 1.34. The van der Waals surface area contributed by atoms with Crippen LogP contribution in [0.2, 0.25) is 0 Å². The highest BCUT2D eigenvalue weighted by atomic mass is 32.2. The number of hydrogen-bond donors (Lipinski definition) is 1. The van der Waals surface area contributed by atoms with Crippen molar-refractivity contribution in [3.8, 4) is 11.4 Å². The Hall–Kier alpha value is -3.00. The predicted molar refractivity (Wildman–Crippen MR) is 138 cm³/mol. The number of nitrogens with one attached hydrogen (secondary N) is 1. The van der Waals surface area contributed by atoms with Gasteiger partial charge in [0.1, 0.15) is 10.1 Å². The third kappa shape index (κ3) is 6.17. The van der Waals surface area contributed by atoms with Gasteiger partial charge < -0.3 is 5.32 Å². The summed E-state index contributed by atoms with van der Waals surface area (Å²) in [5.41, 5.74) is 1.28. The molecule has 1 fully saturated rings. The van der Waals surface area contributed by atoms with Gasteiger partial charge in [-0.2, -0.15) is 9.36 Å². The van der Waals surface area contributed by atoms with Gasteiger partial charge in [-0.05, 0) is 48.0 Å². The molecule has 180 valence electrons. The second kappa shape index (κ2) is 10.3. The van der Waals surface area contributed by atoms with Crippen LogP contribution >= 0.6 is 35.5 Å². The third-order valence-electron chi connectivity index (χ3n) is 4.82. The number of carbonyl (C=O) groups is 2. The second-order valence-electron chi connectivity index (χ2n) is 7.40. The molecule has 2 heterocycles. The molecule has 1 aromatic heterocycles. The molecule has 8 nitrogen and oxygen atoms in total. The van der Waals surface area contributed by atoms with Crippen LogP contribution < -0.4 is 5.32 Å². The highest BCUT2D eigenvalue weighted by molar-refractivity contribution is 8.26. The summed E-state index contributed by atoms with van der Waals surface area (Å²) in [7, 11) is -3.31. The Morgan fingerprint density at radius 1 is 1.17 bits per heavy atom. The maximum absolute atomic E-state index is 13.1. The summed E-state index contributed by atoms with van der Waals surface area (Å²) in [5.74, 6) is -0.689. The molecule has 35 heavy (non-hydrogen) atoms. The normalized spacial score (nSPS) is 15.1. The van der Waals surface area contributed by atoms with Gasteiger partial charge >= 0.3 is 0 Å². The Morgan fingerprint density at radius 3 is 2.51 bits per heavy atom. The van der Waals surface area contributed by atoms with Crippen LogP contribution in [0.5, 0.6) is 0 Å². The standard InChI is InChI=1S/C22H17FN4O4S4/c1-35(30,31)16-8-4-14(5-9-16)19-25-21(34-26-19)24-18(28)10-11-27-20(29)17(33-22(27)32)12-13-2-6-15(23)7-3-13/h2-9,12H,10-11H2,1H3,(H,24,25,26,28)/b17-12-. The van der Waals surface area contributed by atoms with Crippen molar-refractivity contribution in [3.05, 3.63) is 64.8 Å². The number of anilines is 1. The molecule has 0 aliphatic carbocycles. The van der Waals surface area contributed by atoms with E-state index in [0.29, 0.717) is 26.2 Å². The van der Waals surface area contributed by atoms with Crippen molar-refractivity contribution in [2.45, 2.75) is 11.3 Å². The fourth-order valence-corrected chi connectivity index (χ4v) is 5.59. The van der Waals surface area contributed by atoms with Crippen LogP contribution in [0.15, 0.2) is 58.3 Å². The summed E-state index contributed by atoms with van der Waals surface area (Å²) < 4.78 is 40.8. The third-order valence-corrected chi connectivity index (χ3v) is 7.95. The molecule has 0 radical (unpaired) electrons. The largest absolute Gasteiger partial charge is 0.301 e. The Labute approximate surface area is 214 Å². The van der Waals surface area contributed by atoms with E-state index in [0.717, 1.165) is 29.6 Å². The molecule has 0 bridgehead atoms. The van der Waals surface area contributed by atoms with E-state index in [1.807, 2.05) is 0 Å². The van der Waals surface area contributed by atoms with Gasteiger partial charge in [-0.15, -0.1) is 0 Å². The lowest BCUT2D eigenvalue weighted by atomic mass is 10.2. The number of benzene rings is 2. The minimum atomic E-state index is -3.31. The van der Waals surface area contributed by atoms with E-state index >= 15 is 0 Å². The SMILES string of the molecule is CS(=O)(=O)c1ccc(-c2nsc(NC(=O)CCN3C(=O)/C(=C/c4ccc(F)cc4)SC3=S)n2)cc1.